The standard InChI is InChI=1S/C19H20ClNO3/c1-2-24-19(23)17-10-13-5-3-4-6-14(13)11-21(17)12-15-9-16(20)7-8-18(15)22/h3-9,17,22H,2,10-12H2,1H3. The van der Waals surface area contributed by atoms with Gasteiger partial charge in [0.2, 0.25) is 0 Å². The maximum absolute atomic E-state index is 12.4. The molecule has 2 aromatic rings. The number of carbonyl (C=O) groups is 1. The van der Waals surface area contributed by atoms with E-state index in [0.717, 1.165) is 0 Å². The number of hydrogen-bond donors (Lipinski definition) is 1. The molecular formula is C19H20ClNO3. The number of phenolic OH excluding ortho intramolecular Hbond substituents is 1. The van der Waals surface area contributed by atoms with Gasteiger partial charge in [0.05, 0.1) is 6.61 Å². The molecule has 0 saturated carbocycles. The van der Waals surface area contributed by atoms with Crippen molar-refractivity contribution < 1.29 is 14.6 Å². The molecule has 1 aliphatic rings. The number of hydrogen-bond acceptors (Lipinski definition) is 4. The van der Waals surface area contributed by atoms with E-state index < -0.39 is 0 Å². The van der Waals surface area contributed by atoms with E-state index in [-0.39, 0.29) is 17.8 Å². The predicted octanol–water partition coefficient (Wildman–Crippen LogP) is 3.54. The molecule has 1 aliphatic heterocycles. The fourth-order valence-corrected chi connectivity index (χ4v) is 3.31. The summed E-state index contributed by atoms with van der Waals surface area (Å²) in [6.45, 7) is 3.23. The first kappa shape index (κ1) is 16.8. The van der Waals surface area contributed by atoms with Crippen molar-refractivity contribution in [3.63, 3.8) is 0 Å². The number of phenols is 1. The van der Waals surface area contributed by atoms with Gasteiger partial charge in [0.1, 0.15) is 11.8 Å². The number of carbonyl (C=O) groups excluding carboxylic acids is 1. The molecule has 1 heterocycles. The lowest BCUT2D eigenvalue weighted by Crippen LogP contribution is -2.45. The number of nitrogens with zero attached hydrogens (tertiary/aromatic N) is 1. The molecule has 0 amide bonds. The maximum atomic E-state index is 12.4. The van der Waals surface area contributed by atoms with Crippen molar-refractivity contribution in [2.45, 2.75) is 32.5 Å². The van der Waals surface area contributed by atoms with Crippen molar-refractivity contribution in [1.29, 1.82) is 0 Å². The minimum Gasteiger partial charge on any atom is -0.508 e. The van der Waals surface area contributed by atoms with Crippen molar-refractivity contribution >= 4 is 17.6 Å². The highest BCUT2D eigenvalue weighted by atomic mass is 35.5. The quantitative estimate of drug-likeness (QED) is 0.861. The average Bonchev–Trinajstić information content (AvgIpc) is 2.57. The summed E-state index contributed by atoms with van der Waals surface area (Å²) in [5.74, 6) is -0.0469. The van der Waals surface area contributed by atoms with Crippen LogP contribution < -0.4 is 0 Å². The molecule has 0 aliphatic carbocycles. The minimum atomic E-state index is -0.363. The van der Waals surface area contributed by atoms with Gasteiger partial charge in [-0.05, 0) is 42.7 Å². The lowest BCUT2D eigenvalue weighted by molar-refractivity contribution is -0.150. The number of aromatic hydroxyl groups is 1. The largest absolute Gasteiger partial charge is 0.508 e. The number of fused-ring (bicyclic) bond motifs is 1. The van der Waals surface area contributed by atoms with Crippen LogP contribution in [0.3, 0.4) is 0 Å². The molecule has 1 unspecified atom stereocenters. The van der Waals surface area contributed by atoms with Gasteiger partial charge in [-0.25, -0.2) is 0 Å². The molecule has 0 aromatic heterocycles. The van der Waals surface area contributed by atoms with Crippen LogP contribution in [0.15, 0.2) is 42.5 Å². The molecule has 24 heavy (non-hydrogen) atoms. The van der Waals surface area contributed by atoms with Crippen LogP contribution in [-0.4, -0.2) is 28.6 Å². The minimum absolute atomic E-state index is 0.181. The number of halogens is 1. The molecule has 3 rings (SSSR count). The molecule has 126 valence electrons. The highest BCUT2D eigenvalue weighted by Gasteiger charge is 2.32. The van der Waals surface area contributed by atoms with E-state index in [9.17, 15) is 9.90 Å². The number of rotatable bonds is 4. The van der Waals surface area contributed by atoms with Crippen molar-refractivity contribution in [1.82, 2.24) is 4.90 Å². The van der Waals surface area contributed by atoms with E-state index in [4.69, 9.17) is 16.3 Å². The van der Waals surface area contributed by atoms with Crippen LogP contribution in [0.5, 0.6) is 5.75 Å². The van der Waals surface area contributed by atoms with Crippen LogP contribution in [0.1, 0.15) is 23.6 Å². The Kier molecular flexibility index (Phi) is 5.07. The Hall–Kier alpha value is -2.04. The van der Waals surface area contributed by atoms with Gasteiger partial charge in [0.15, 0.2) is 0 Å². The Labute approximate surface area is 146 Å². The molecule has 1 N–H and O–H groups in total. The van der Waals surface area contributed by atoms with Crippen LogP contribution in [0, 0.1) is 0 Å². The zero-order chi connectivity index (χ0) is 17.1. The lowest BCUT2D eigenvalue weighted by atomic mass is 9.93. The second-order valence-electron chi connectivity index (χ2n) is 5.92. The van der Waals surface area contributed by atoms with Gasteiger partial charge in [0, 0.05) is 23.7 Å². The lowest BCUT2D eigenvalue weighted by Gasteiger charge is -2.35. The van der Waals surface area contributed by atoms with Crippen LogP contribution in [0.2, 0.25) is 5.02 Å². The second kappa shape index (κ2) is 7.24. The molecule has 0 radical (unpaired) electrons. The molecule has 0 saturated heterocycles. The Morgan fingerprint density at radius 3 is 2.79 bits per heavy atom. The number of ether oxygens (including phenoxy) is 1. The molecular weight excluding hydrogens is 326 g/mol. The first-order valence-corrected chi connectivity index (χ1v) is 8.41. The third-order valence-corrected chi connectivity index (χ3v) is 4.55. The fourth-order valence-electron chi connectivity index (χ4n) is 3.11. The average molecular weight is 346 g/mol. The van der Waals surface area contributed by atoms with Gasteiger partial charge >= 0.3 is 5.97 Å². The van der Waals surface area contributed by atoms with Gasteiger partial charge in [-0.3, -0.25) is 9.69 Å². The topological polar surface area (TPSA) is 49.8 Å². The molecule has 4 nitrogen and oxygen atoms in total. The van der Waals surface area contributed by atoms with Crippen LogP contribution >= 0.6 is 11.6 Å². The third kappa shape index (κ3) is 3.55. The Morgan fingerprint density at radius 1 is 1.29 bits per heavy atom. The van der Waals surface area contributed by atoms with Crippen LogP contribution in [0.4, 0.5) is 0 Å². The van der Waals surface area contributed by atoms with Gasteiger partial charge in [-0.2, -0.15) is 0 Å². The van der Waals surface area contributed by atoms with Crippen LogP contribution in [-0.2, 0) is 29.0 Å². The first-order valence-electron chi connectivity index (χ1n) is 8.03. The molecule has 1 atom stereocenters. The van der Waals surface area contributed by atoms with E-state index in [0.29, 0.717) is 36.7 Å². The smallest absolute Gasteiger partial charge is 0.323 e. The van der Waals surface area contributed by atoms with Gasteiger partial charge in [-0.15, -0.1) is 0 Å². The summed E-state index contributed by atoms with van der Waals surface area (Å²) in [6, 6.07) is 12.7. The van der Waals surface area contributed by atoms with Crippen molar-refractivity contribution in [2.75, 3.05) is 6.61 Å². The van der Waals surface area contributed by atoms with Gasteiger partial charge in [-0.1, -0.05) is 35.9 Å². The molecule has 5 heteroatoms. The highest BCUT2D eigenvalue weighted by Crippen LogP contribution is 2.29. The van der Waals surface area contributed by atoms with Crippen LogP contribution in [0.25, 0.3) is 0 Å². The fraction of sp³-hybridized carbons (Fsp3) is 0.316. The molecule has 0 bridgehead atoms. The summed E-state index contributed by atoms with van der Waals surface area (Å²) in [4.78, 5) is 14.4. The van der Waals surface area contributed by atoms with Gasteiger partial charge < -0.3 is 9.84 Å². The summed E-state index contributed by atoms with van der Waals surface area (Å²) in [5, 5.41) is 10.7. The molecule has 0 spiro atoms. The summed E-state index contributed by atoms with van der Waals surface area (Å²) in [5.41, 5.74) is 3.07. The van der Waals surface area contributed by atoms with E-state index in [2.05, 4.69) is 12.1 Å². The second-order valence-corrected chi connectivity index (χ2v) is 6.36. The molecule has 2 aromatic carbocycles. The van der Waals surface area contributed by atoms with Crippen molar-refractivity contribution in [2.24, 2.45) is 0 Å². The molecule has 0 fully saturated rings. The number of esters is 1. The first-order chi connectivity index (χ1) is 11.6. The summed E-state index contributed by atoms with van der Waals surface area (Å²) in [6.07, 6.45) is 0.607. The van der Waals surface area contributed by atoms with Crippen molar-refractivity contribution in [3.8, 4) is 5.75 Å². The Morgan fingerprint density at radius 2 is 2.04 bits per heavy atom. The highest BCUT2D eigenvalue weighted by molar-refractivity contribution is 6.30. The number of benzene rings is 2. The van der Waals surface area contributed by atoms with Crippen molar-refractivity contribution in [3.05, 3.63) is 64.2 Å². The van der Waals surface area contributed by atoms with E-state index in [1.165, 1.54) is 11.1 Å². The zero-order valence-corrected chi connectivity index (χ0v) is 14.3. The summed E-state index contributed by atoms with van der Waals surface area (Å²) < 4.78 is 5.25. The monoisotopic (exact) mass is 345 g/mol. The Bertz CT molecular complexity index is 747. The summed E-state index contributed by atoms with van der Waals surface area (Å²) in [7, 11) is 0. The normalized spacial score (nSPS) is 17.3. The maximum Gasteiger partial charge on any atom is 0.323 e. The van der Waals surface area contributed by atoms with Gasteiger partial charge in [0.25, 0.3) is 0 Å². The predicted molar refractivity (Wildman–Crippen MR) is 92.9 cm³/mol. The van der Waals surface area contributed by atoms with E-state index >= 15 is 0 Å². The SMILES string of the molecule is CCOC(=O)C1Cc2ccccc2CN1Cc1cc(Cl)ccc1O. The summed E-state index contributed by atoms with van der Waals surface area (Å²) >= 11 is 6.04. The van der Waals surface area contributed by atoms with E-state index in [1.807, 2.05) is 24.0 Å². The van der Waals surface area contributed by atoms with E-state index in [1.54, 1.807) is 18.2 Å². The Balaban J connectivity index is 1.90. The zero-order valence-electron chi connectivity index (χ0n) is 13.5. The third-order valence-electron chi connectivity index (χ3n) is 4.32.